The van der Waals surface area contributed by atoms with Crippen molar-refractivity contribution >= 4 is 34.7 Å². The van der Waals surface area contributed by atoms with Gasteiger partial charge in [-0.2, -0.15) is 0 Å². The molecule has 0 fully saturated rings. The molecule has 0 saturated carbocycles. The van der Waals surface area contributed by atoms with E-state index in [1.54, 1.807) is 11.5 Å². The Morgan fingerprint density at radius 3 is 2.67 bits per heavy atom. The van der Waals surface area contributed by atoms with E-state index in [0.717, 1.165) is 10.4 Å². The van der Waals surface area contributed by atoms with Gasteiger partial charge in [-0.25, -0.2) is 9.79 Å². The second kappa shape index (κ2) is 8.53. The van der Waals surface area contributed by atoms with Crippen LogP contribution in [-0.2, 0) is 9.53 Å². The molecule has 0 bridgehead atoms. The molecule has 0 spiro atoms. The van der Waals surface area contributed by atoms with Crippen molar-refractivity contribution in [2.24, 2.45) is 10.9 Å². The summed E-state index contributed by atoms with van der Waals surface area (Å²) in [5.74, 6) is -0.192. The average Bonchev–Trinajstić information content (AvgIpc) is 3.35. The maximum absolute atomic E-state index is 13.4. The number of benzene rings is 1. The van der Waals surface area contributed by atoms with Crippen molar-refractivity contribution in [3.63, 3.8) is 0 Å². The van der Waals surface area contributed by atoms with Gasteiger partial charge in [0, 0.05) is 4.88 Å². The van der Waals surface area contributed by atoms with Crippen molar-refractivity contribution in [2.75, 3.05) is 6.61 Å². The van der Waals surface area contributed by atoms with Crippen LogP contribution < -0.4 is 14.9 Å². The maximum atomic E-state index is 13.4. The first-order valence-electron chi connectivity index (χ1n) is 9.74. The van der Waals surface area contributed by atoms with E-state index in [-0.39, 0.29) is 11.5 Å². The summed E-state index contributed by atoms with van der Waals surface area (Å²) in [6.07, 6.45) is 1.87. The molecule has 0 unspecified atom stereocenters. The number of rotatable bonds is 5. The standard InChI is InChI=1S/C23H22N2O3S2/c1-14(2)13-28-22(27)19-15(3)24-23-25(20(19)17-10-7-11-29-17)21(26)18(30-23)12-16-8-5-4-6-9-16/h4-12,14,20H,13H2,1-3H3/b18-12+/t20-/m1/s1. The summed E-state index contributed by atoms with van der Waals surface area (Å²) < 4.78 is 7.75. The van der Waals surface area contributed by atoms with Gasteiger partial charge in [0.05, 0.1) is 22.4 Å². The normalized spacial score (nSPS) is 16.5. The van der Waals surface area contributed by atoms with Crippen LogP contribution in [0.15, 0.2) is 68.9 Å². The van der Waals surface area contributed by atoms with Gasteiger partial charge in [0.2, 0.25) is 0 Å². The fourth-order valence-corrected chi connectivity index (χ4v) is 5.19. The van der Waals surface area contributed by atoms with Gasteiger partial charge in [0.15, 0.2) is 4.80 Å². The molecule has 154 valence electrons. The zero-order chi connectivity index (χ0) is 21.3. The lowest BCUT2D eigenvalue weighted by molar-refractivity contribution is -0.140. The van der Waals surface area contributed by atoms with E-state index in [4.69, 9.17) is 4.74 Å². The molecule has 1 aliphatic rings. The number of carbonyl (C=O) groups is 1. The minimum Gasteiger partial charge on any atom is -0.462 e. The lowest BCUT2D eigenvalue weighted by Gasteiger charge is -2.23. The highest BCUT2D eigenvalue weighted by Gasteiger charge is 2.34. The van der Waals surface area contributed by atoms with Crippen molar-refractivity contribution in [1.29, 1.82) is 0 Å². The molecular weight excluding hydrogens is 416 g/mol. The first-order valence-corrected chi connectivity index (χ1v) is 11.4. The number of allylic oxidation sites excluding steroid dienone is 1. The monoisotopic (exact) mass is 438 g/mol. The topological polar surface area (TPSA) is 60.7 Å². The van der Waals surface area contributed by atoms with E-state index in [9.17, 15) is 9.59 Å². The quantitative estimate of drug-likeness (QED) is 0.573. The Morgan fingerprint density at radius 1 is 1.23 bits per heavy atom. The highest BCUT2D eigenvalue weighted by molar-refractivity contribution is 7.10. The number of thiophene rings is 1. The van der Waals surface area contributed by atoms with Crippen LogP contribution in [-0.4, -0.2) is 17.1 Å². The fourth-order valence-electron chi connectivity index (χ4n) is 3.32. The first-order chi connectivity index (χ1) is 14.5. The number of nitrogens with zero attached hydrogens (tertiary/aromatic N) is 2. The van der Waals surface area contributed by atoms with E-state index in [1.165, 1.54) is 22.7 Å². The molecule has 0 amide bonds. The number of ether oxygens (including phenoxy) is 1. The van der Waals surface area contributed by atoms with Gasteiger partial charge in [-0.3, -0.25) is 9.36 Å². The molecule has 30 heavy (non-hydrogen) atoms. The summed E-state index contributed by atoms with van der Waals surface area (Å²) in [4.78, 5) is 32.5. The molecule has 3 heterocycles. The van der Waals surface area contributed by atoms with Crippen molar-refractivity contribution in [1.82, 2.24) is 4.57 Å². The molecule has 1 aliphatic heterocycles. The zero-order valence-corrected chi connectivity index (χ0v) is 18.6. The summed E-state index contributed by atoms with van der Waals surface area (Å²) in [6, 6.07) is 13.1. The van der Waals surface area contributed by atoms with Crippen molar-refractivity contribution in [3.05, 3.63) is 89.2 Å². The van der Waals surface area contributed by atoms with Gasteiger partial charge in [0.25, 0.3) is 5.56 Å². The van der Waals surface area contributed by atoms with E-state index in [1.807, 2.05) is 67.8 Å². The lowest BCUT2D eigenvalue weighted by Crippen LogP contribution is -2.39. The van der Waals surface area contributed by atoms with Gasteiger partial charge < -0.3 is 4.74 Å². The summed E-state index contributed by atoms with van der Waals surface area (Å²) in [5, 5.41) is 1.95. The second-order valence-corrected chi connectivity index (χ2v) is 9.49. The zero-order valence-electron chi connectivity index (χ0n) is 17.0. The number of hydrogen-bond donors (Lipinski definition) is 0. The molecule has 5 nitrogen and oxygen atoms in total. The number of hydrogen-bond acceptors (Lipinski definition) is 6. The largest absolute Gasteiger partial charge is 0.462 e. The minimum atomic E-state index is -0.529. The van der Waals surface area contributed by atoms with Crippen molar-refractivity contribution < 1.29 is 9.53 Å². The second-order valence-electron chi connectivity index (χ2n) is 7.50. The third kappa shape index (κ3) is 3.95. The van der Waals surface area contributed by atoms with Crippen molar-refractivity contribution in [3.8, 4) is 0 Å². The molecule has 3 aromatic rings. The summed E-state index contributed by atoms with van der Waals surface area (Å²) >= 11 is 2.85. The Morgan fingerprint density at radius 2 is 2.00 bits per heavy atom. The van der Waals surface area contributed by atoms with Crippen molar-refractivity contribution in [2.45, 2.75) is 26.8 Å². The number of esters is 1. The predicted octanol–water partition coefficient (Wildman–Crippen LogP) is 3.50. The van der Waals surface area contributed by atoms with E-state index in [0.29, 0.717) is 27.2 Å². The smallest absolute Gasteiger partial charge is 0.338 e. The van der Waals surface area contributed by atoms with Gasteiger partial charge in [-0.05, 0) is 35.9 Å². The molecule has 0 N–H and O–H groups in total. The molecule has 2 aromatic heterocycles. The number of carbonyl (C=O) groups excluding carboxylic acids is 1. The van der Waals surface area contributed by atoms with Crippen LogP contribution in [0.2, 0.25) is 0 Å². The van der Waals surface area contributed by atoms with Gasteiger partial charge in [0.1, 0.15) is 6.04 Å². The van der Waals surface area contributed by atoms with Crippen LogP contribution in [0.4, 0.5) is 0 Å². The predicted molar refractivity (Wildman–Crippen MR) is 120 cm³/mol. The maximum Gasteiger partial charge on any atom is 0.338 e. The SMILES string of the molecule is CC1=C(C(=O)OCC(C)C)[C@@H](c2cccs2)n2c(s/c(=C/c3ccccc3)c2=O)=N1. The van der Waals surface area contributed by atoms with E-state index >= 15 is 0 Å². The molecule has 0 saturated heterocycles. The van der Waals surface area contributed by atoms with Gasteiger partial charge >= 0.3 is 5.97 Å². The first kappa shape index (κ1) is 20.5. The highest BCUT2D eigenvalue weighted by atomic mass is 32.1. The molecule has 0 aliphatic carbocycles. The Hall–Kier alpha value is -2.77. The van der Waals surface area contributed by atoms with Gasteiger partial charge in [-0.1, -0.05) is 61.6 Å². The molecular formula is C23H22N2O3S2. The van der Waals surface area contributed by atoms with Crippen LogP contribution in [0.25, 0.3) is 6.08 Å². The molecule has 4 rings (SSSR count). The average molecular weight is 439 g/mol. The van der Waals surface area contributed by atoms with Crippen LogP contribution in [0.5, 0.6) is 0 Å². The molecule has 1 aromatic carbocycles. The van der Waals surface area contributed by atoms with Crippen LogP contribution in [0.1, 0.15) is 37.3 Å². The summed E-state index contributed by atoms with van der Waals surface area (Å²) in [6.45, 7) is 6.11. The fraction of sp³-hybridized carbons (Fsp3) is 0.261. The Bertz CT molecular complexity index is 1270. The number of aromatic nitrogens is 1. The number of fused-ring (bicyclic) bond motifs is 1. The third-order valence-corrected chi connectivity index (χ3v) is 6.61. The van der Waals surface area contributed by atoms with Crippen LogP contribution in [0.3, 0.4) is 0 Å². The van der Waals surface area contributed by atoms with E-state index < -0.39 is 12.0 Å². The Balaban J connectivity index is 1.88. The Kier molecular flexibility index (Phi) is 5.83. The summed E-state index contributed by atoms with van der Waals surface area (Å²) in [7, 11) is 0. The Labute approximate surface area is 182 Å². The summed E-state index contributed by atoms with van der Waals surface area (Å²) in [5.41, 5.74) is 1.82. The minimum absolute atomic E-state index is 0.150. The molecule has 1 atom stereocenters. The highest BCUT2D eigenvalue weighted by Crippen LogP contribution is 2.33. The molecule has 7 heteroatoms. The number of thiazole rings is 1. The molecule has 0 radical (unpaired) electrons. The van der Waals surface area contributed by atoms with E-state index in [2.05, 4.69) is 4.99 Å². The van der Waals surface area contributed by atoms with Crippen LogP contribution >= 0.6 is 22.7 Å². The van der Waals surface area contributed by atoms with Gasteiger partial charge in [-0.15, -0.1) is 11.3 Å². The van der Waals surface area contributed by atoms with Crippen LogP contribution in [0, 0.1) is 5.92 Å². The lowest BCUT2D eigenvalue weighted by atomic mass is 10.0. The third-order valence-electron chi connectivity index (χ3n) is 4.70.